The van der Waals surface area contributed by atoms with Gasteiger partial charge in [-0.05, 0) is 12.8 Å². The molecule has 64 valence electrons. The number of nitrogens with zero attached hydrogens (tertiary/aromatic N) is 1. The molecular formula is C8H15NO2. The van der Waals surface area contributed by atoms with E-state index < -0.39 is 6.09 Å². The van der Waals surface area contributed by atoms with Gasteiger partial charge in [-0.1, -0.05) is 19.3 Å². The molecule has 1 fully saturated rings. The lowest BCUT2D eigenvalue weighted by Gasteiger charge is -2.21. The van der Waals surface area contributed by atoms with Gasteiger partial charge < -0.3 is 10.0 Å². The predicted molar refractivity (Wildman–Crippen MR) is 42.7 cm³/mol. The highest BCUT2D eigenvalue weighted by atomic mass is 16.4. The smallest absolute Gasteiger partial charge is 0.407 e. The minimum absolute atomic E-state index is 0.731. The van der Waals surface area contributed by atoms with E-state index in [1.807, 2.05) is 0 Å². The number of amides is 1. The maximum absolute atomic E-state index is 10.5. The van der Waals surface area contributed by atoms with Crippen LogP contribution in [0.15, 0.2) is 0 Å². The van der Waals surface area contributed by atoms with E-state index in [1.165, 1.54) is 24.2 Å². The van der Waals surface area contributed by atoms with Gasteiger partial charge in [0.05, 0.1) is 0 Å². The molecule has 0 aromatic rings. The van der Waals surface area contributed by atoms with Gasteiger partial charge in [0.1, 0.15) is 0 Å². The lowest BCUT2D eigenvalue weighted by Crippen LogP contribution is -2.32. The lowest BCUT2D eigenvalue weighted by molar-refractivity contribution is 0.141. The summed E-state index contributed by atoms with van der Waals surface area (Å²) >= 11 is 0. The average Bonchev–Trinajstić information content (AvgIpc) is 1.84. The Morgan fingerprint density at radius 1 is 1.00 bits per heavy atom. The Kier molecular flexibility index (Phi) is 3.20. The molecule has 0 saturated carbocycles. The number of hydrogen-bond donors (Lipinski definition) is 1. The molecule has 1 aliphatic rings. The summed E-state index contributed by atoms with van der Waals surface area (Å²) in [5.74, 6) is 0. The van der Waals surface area contributed by atoms with Crippen molar-refractivity contribution in [2.45, 2.75) is 32.1 Å². The molecule has 3 nitrogen and oxygen atoms in total. The van der Waals surface area contributed by atoms with Crippen molar-refractivity contribution in [3.05, 3.63) is 0 Å². The van der Waals surface area contributed by atoms with Crippen LogP contribution in [0.2, 0.25) is 0 Å². The summed E-state index contributed by atoms with van der Waals surface area (Å²) in [5, 5.41) is 8.68. The van der Waals surface area contributed by atoms with E-state index in [0.29, 0.717) is 0 Å². The van der Waals surface area contributed by atoms with Crippen LogP contribution >= 0.6 is 0 Å². The Bertz CT molecular complexity index is 128. The van der Waals surface area contributed by atoms with Gasteiger partial charge in [-0.2, -0.15) is 0 Å². The highest BCUT2D eigenvalue weighted by Crippen LogP contribution is 2.09. The Morgan fingerprint density at radius 3 is 1.91 bits per heavy atom. The predicted octanol–water partition coefficient (Wildman–Crippen LogP) is 1.93. The average molecular weight is 157 g/mol. The minimum atomic E-state index is -0.757. The van der Waals surface area contributed by atoms with Gasteiger partial charge >= 0.3 is 6.09 Å². The molecule has 0 spiro atoms. The highest BCUT2D eigenvalue weighted by molar-refractivity contribution is 5.64. The summed E-state index contributed by atoms with van der Waals surface area (Å²) in [5.41, 5.74) is 0. The molecule has 3 heteroatoms. The van der Waals surface area contributed by atoms with E-state index in [-0.39, 0.29) is 0 Å². The first-order chi connectivity index (χ1) is 5.30. The second kappa shape index (κ2) is 4.21. The third-order valence-corrected chi connectivity index (χ3v) is 2.13. The maximum atomic E-state index is 10.5. The van der Waals surface area contributed by atoms with Crippen LogP contribution < -0.4 is 0 Å². The van der Waals surface area contributed by atoms with Crippen LogP contribution in [0, 0.1) is 0 Å². The molecule has 1 aliphatic heterocycles. The van der Waals surface area contributed by atoms with Crippen molar-refractivity contribution in [3.63, 3.8) is 0 Å². The van der Waals surface area contributed by atoms with Crippen LogP contribution in [0.3, 0.4) is 0 Å². The maximum Gasteiger partial charge on any atom is 0.407 e. The molecular weight excluding hydrogens is 142 g/mol. The van der Waals surface area contributed by atoms with Crippen molar-refractivity contribution in [1.82, 2.24) is 4.90 Å². The quantitative estimate of drug-likeness (QED) is 0.583. The third kappa shape index (κ3) is 2.78. The molecule has 11 heavy (non-hydrogen) atoms. The zero-order chi connectivity index (χ0) is 8.10. The monoisotopic (exact) mass is 157 g/mol. The molecule has 1 heterocycles. The van der Waals surface area contributed by atoms with Crippen LogP contribution in [0.25, 0.3) is 0 Å². The lowest BCUT2D eigenvalue weighted by atomic mass is 10.1. The van der Waals surface area contributed by atoms with Crippen molar-refractivity contribution in [1.29, 1.82) is 0 Å². The summed E-state index contributed by atoms with van der Waals surface area (Å²) in [6, 6.07) is 0. The molecule has 1 amide bonds. The van der Waals surface area contributed by atoms with Gasteiger partial charge in [-0.15, -0.1) is 0 Å². The zero-order valence-electron chi connectivity index (χ0n) is 6.75. The fraction of sp³-hybridized carbons (Fsp3) is 0.875. The first kappa shape index (κ1) is 8.37. The topological polar surface area (TPSA) is 40.5 Å². The molecule has 0 atom stereocenters. The molecule has 0 bridgehead atoms. The number of carboxylic acid groups (broad SMARTS) is 1. The van der Waals surface area contributed by atoms with E-state index in [4.69, 9.17) is 5.11 Å². The summed E-state index contributed by atoms with van der Waals surface area (Å²) < 4.78 is 0. The summed E-state index contributed by atoms with van der Waals surface area (Å²) in [4.78, 5) is 12.1. The van der Waals surface area contributed by atoms with E-state index in [1.54, 1.807) is 0 Å². The Morgan fingerprint density at radius 2 is 1.45 bits per heavy atom. The fourth-order valence-corrected chi connectivity index (χ4v) is 1.44. The van der Waals surface area contributed by atoms with Crippen molar-refractivity contribution < 1.29 is 9.90 Å². The van der Waals surface area contributed by atoms with Gasteiger partial charge in [-0.25, -0.2) is 4.79 Å². The molecule has 0 aromatic carbocycles. The van der Waals surface area contributed by atoms with E-state index in [0.717, 1.165) is 25.9 Å². The summed E-state index contributed by atoms with van der Waals surface area (Å²) in [6.07, 6.45) is 4.95. The Hall–Kier alpha value is -0.730. The number of likely N-dealkylation sites (tertiary alicyclic amines) is 1. The van der Waals surface area contributed by atoms with Crippen LogP contribution in [-0.4, -0.2) is 29.2 Å². The van der Waals surface area contributed by atoms with Gasteiger partial charge in [0.25, 0.3) is 0 Å². The summed E-state index contributed by atoms with van der Waals surface area (Å²) in [6.45, 7) is 1.46. The van der Waals surface area contributed by atoms with Crippen LogP contribution in [0.4, 0.5) is 4.79 Å². The second-order valence-electron chi connectivity index (χ2n) is 3.04. The Balaban J connectivity index is 2.32. The highest BCUT2D eigenvalue weighted by Gasteiger charge is 2.11. The molecule has 0 aromatic heterocycles. The van der Waals surface area contributed by atoms with Crippen LogP contribution in [-0.2, 0) is 0 Å². The van der Waals surface area contributed by atoms with E-state index in [9.17, 15) is 4.79 Å². The van der Waals surface area contributed by atoms with Crippen molar-refractivity contribution >= 4 is 6.09 Å². The largest absolute Gasteiger partial charge is 0.465 e. The van der Waals surface area contributed by atoms with Gasteiger partial charge in [0.15, 0.2) is 0 Å². The molecule has 0 unspecified atom stereocenters. The SMILES string of the molecule is O=C(O)N1CCCCCCC1. The molecule has 1 saturated heterocycles. The molecule has 1 rings (SSSR count). The molecule has 0 aliphatic carbocycles. The van der Waals surface area contributed by atoms with Crippen LogP contribution in [0.5, 0.6) is 0 Å². The second-order valence-corrected chi connectivity index (χ2v) is 3.04. The number of carbonyl (C=O) groups is 1. The first-order valence-corrected chi connectivity index (χ1v) is 4.28. The first-order valence-electron chi connectivity index (χ1n) is 4.28. The van der Waals surface area contributed by atoms with Crippen LogP contribution in [0.1, 0.15) is 32.1 Å². The minimum Gasteiger partial charge on any atom is -0.465 e. The standard InChI is InChI=1S/C8H15NO2/c10-8(11)9-6-4-2-1-3-5-7-9/h1-7H2,(H,10,11). The van der Waals surface area contributed by atoms with Crippen molar-refractivity contribution in [2.24, 2.45) is 0 Å². The van der Waals surface area contributed by atoms with Crippen molar-refractivity contribution in [2.75, 3.05) is 13.1 Å². The molecule has 1 N–H and O–H groups in total. The third-order valence-electron chi connectivity index (χ3n) is 2.13. The van der Waals surface area contributed by atoms with Gasteiger partial charge in [0.2, 0.25) is 0 Å². The normalized spacial score (nSPS) is 20.5. The summed E-state index contributed by atoms with van der Waals surface area (Å²) in [7, 11) is 0. The van der Waals surface area contributed by atoms with E-state index >= 15 is 0 Å². The van der Waals surface area contributed by atoms with Gasteiger partial charge in [0, 0.05) is 13.1 Å². The molecule has 0 radical (unpaired) electrons. The Labute approximate surface area is 67.0 Å². The fourth-order valence-electron chi connectivity index (χ4n) is 1.44. The zero-order valence-corrected chi connectivity index (χ0v) is 6.75. The van der Waals surface area contributed by atoms with E-state index in [2.05, 4.69) is 0 Å². The van der Waals surface area contributed by atoms with Gasteiger partial charge in [-0.3, -0.25) is 0 Å². The van der Waals surface area contributed by atoms with Crippen molar-refractivity contribution in [3.8, 4) is 0 Å². The number of hydrogen-bond acceptors (Lipinski definition) is 1. The number of rotatable bonds is 0.